The molecule has 0 bridgehead atoms. The molecule has 0 saturated heterocycles. The Morgan fingerprint density at radius 2 is 1.79 bits per heavy atom. The number of H-pyrrole nitrogens is 1. The topological polar surface area (TPSA) is 100 Å². The van der Waals surface area contributed by atoms with Crippen molar-refractivity contribution in [3.63, 3.8) is 0 Å². The summed E-state index contributed by atoms with van der Waals surface area (Å²) in [7, 11) is -2.44. The molecule has 0 spiro atoms. The van der Waals surface area contributed by atoms with Crippen molar-refractivity contribution in [1.82, 2.24) is 10.3 Å². The zero-order valence-electron chi connectivity index (χ0n) is 18.6. The normalized spacial score (nSPS) is 11.4. The van der Waals surface area contributed by atoms with Crippen LogP contribution in [0.1, 0.15) is 27.2 Å². The summed E-state index contributed by atoms with van der Waals surface area (Å²) in [5.41, 5.74) is 4.89. The third-order valence-corrected chi connectivity index (χ3v) is 6.95. The van der Waals surface area contributed by atoms with Gasteiger partial charge in [0.2, 0.25) is 0 Å². The Kier molecular flexibility index (Phi) is 6.11. The van der Waals surface area contributed by atoms with Crippen LogP contribution in [0, 0.1) is 13.8 Å². The summed E-state index contributed by atoms with van der Waals surface area (Å²) in [6, 6.07) is 18.7. The maximum absolute atomic E-state index is 12.9. The molecular formula is C25H25N3O4S. The van der Waals surface area contributed by atoms with Gasteiger partial charge in [0.1, 0.15) is 5.75 Å². The molecule has 0 fully saturated rings. The summed E-state index contributed by atoms with van der Waals surface area (Å²) < 4.78 is 33.5. The molecule has 0 unspecified atom stereocenters. The van der Waals surface area contributed by atoms with E-state index in [-0.39, 0.29) is 16.4 Å². The number of hydrogen-bond donors (Lipinski definition) is 3. The van der Waals surface area contributed by atoms with Gasteiger partial charge in [-0.2, -0.15) is 0 Å². The first-order valence-corrected chi connectivity index (χ1v) is 11.9. The van der Waals surface area contributed by atoms with Crippen LogP contribution in [0.3, 0.4) is 0 Å². The van der Waals surface area contributed by atoms with E-state index in [9.17, 15) is 13.2 Å². The van der Waals surface area contributed by atoms with Crippen LogP contribution in [0.25, 0.3) is 10.9 Å². The molecule has 3 aromatic carbocycles. The molecule has 0 aliphatic heterocycles. The minimum atomic E-state index is -3.91. The number of carbonyl (C=O) groups is 1. The van der Waals surface area contributed by atoms with Crippen molar-refractivity contribution in [1.29, 1.82) is 0 Å². The van der Waals surface area contributed by atoms with Crippen molar-refractivity contribution in [3.05, 3.63) is 89.1 Å². The van der Waals surface area contributed by atoms with Crippen LogP contribution in [0.2, 0.25) is 0 Å². The van der Waals surface area contributed by atoms with E-state index in [1.54, 1.807) is 36.4 Å². The quantitative estimate of drug-likeness (QED) is 0.375. The first-order chi connectivity index (χ1) is 15.8. The van der Waals surface area contributed by atoms with E-state index >= 15 is 0 Å². The van der Waals surface area contributed by atoms with Crippen LogP contribution in [0.5, 0.6) is 5.75 Å². The number of fused-ring (bicyclic) bond motifs is 1. The summed E-state index contributed by atoms with van der Waals surface area (Å²) in [5, 5.41) is 3.99. The fraction of sp³-hybridized carbons (Fsp3) is 0.160. The Bertz CT molecular complexity index is 1440. The number of para-hydroxylation sites is 2. The zero-order chi connectivity index (χ0) is 23.6. The maximum Gasteiger partial charge on any atom is 0.262 e. The second-order valence-electron chi connectivity index (χ2n) is 7.77. The lowest BCUT2D eigenvalue weighted by atomic mass is 10.1. The molecule has 8 heteroatoms. The number of nitrogens with one attached hydrogen (secondary N) is 3. The molecule has 170 valence electrons. The number of carbonyl (C=O) groups excluding carboxylic acids is 1. The molecule has 1 amide bonds. The predicted molar refractivity (Wildman–Crippen MR) is 129 cm³/mol. The number of amides is 1. The molecule has 7 nitrogen and oxygen atoms in total. The number of aryl methyl sites for hydroxylation is 2. The van der Waals surface area contributed by atoms with E-state index in [1.165, 1.54) is 24.8 Å². The highest BCUT2D eigenvalue weighted by Gasteiger charge is 2.18. The molecule has 1 heterocycles. The molecule has 4 aromatic rings. The standard InChI is InChI=1S/C25H25N3O4S/c1-16-17(2)27-22-12-11-18(13-21(16)22)15-26-25(29)19-7-6-8-20(14-19)33(30,31)28-23-9-4-5-10-24(23)32-3/h4-14,27-28H,15H2,1-3H3,(H,26,29). The maximum atomic E-state index is 12.9. The number of benzene rings is 3. The van der Waals surface area contributed by atoms with E-state index < -0.39 is 10.0 Å². The van der Waals surface area contributed by atoms with E-state index in [0.717, 1.165) is 22.2 Å². The molecule has 0 saturated carbocycles. The number of anilines is 1. The number of methoxy groups -OCH3 is 1. The lowest BCUT2D eigenvalue weighted by Crippen LogP contribution is -2.23. The smallest absolute Gasteiger partial charge is 0.262 e. The summed E-state index contributed by atoms with van der Waals surface area (Å²) in [4.78, 5) is 16.1. The molecule has 0 atom stereocenters. The van der Waals surface area contributed by atoms with Crippen molar-refractivity contribution < 1.29 is 17.9 Å². The third-order valence-electron chi connectivity index (χ3n) is 5.58. The van der Waals surface area contributed by atoms with E-state index in [0.29, 0.717) is 18.0 Å². The van der Waals surface area contributed by atoms with Gasteiger partial charge in [-0.05, 0) is 67.4 Å². The average Bonchev–Trinajstić information content (AvgIpc) is 3.10. The van der Waals surface area contributed by atoms with Gasteiger partial charge in [-0.1, -0.05) is 24.3 Å². The largest absolute Gasteiger partial charge is 0.495 e. The van der Waals surface area contributed by atoms with Gasteiger partial charge in [0.25, 0.3) is 15.9 Å². The van der Waals surface area contributed by atoms with E-state index in [2.05, 4.69) is 21.9 Å². The molecule has 1 aromatic heterocycles. The summed E-state index contributed by atoms with van der Waals surface area (Å²) >= 11 is 0. The van der Waals surface area contributed by atoms with Gasteiger partial charge in [-0.3, -0.25) is 9.52 Å². The number of hydrogen-bond acceptors (Lipinski definition) is 4. The Balaban J connectivity index is 1.50. The van der Waals surface area contributed by atoms with Gasteiger partial charge in [0, 0.05) is 28.7 Å². The molecule has 3 N–H and O–H groups in total. The van der Waals surface area contributed by atoms with Crippen LogP contribution in [0.4, 0.5) is 5.69 Å². The Morgan fingerprint density at radius 1 is 1.00 bits per heavy atom. The van der Waals surface area contributed by atoms with Crippen molar-refractivity contribution in [2.75, 3.05) is 11.8 Å². The molecule has 0 aliphatic carbocycles. The van der Waals surface area contributed by atoms with E-state index in [1.807, 2.05) is 25.1 Å². The fourth-order valence-electron chi connectivity index (χ4n) is 3.64. The highest BCUT2D eigenvalue weighted by atomic mass is 32.2. The number of rotatable bonds is 7. The Morgan fingerprint density at radius 3 is 2.58 bits per heavy atom. The van der Waals surface area contributed by atoms with Gasteiger partial charge < -0.3 is 15.0 Å². The van der Waals surface area contributed by atoms with Crippen LogP contribution in [-0.4, -0.2) is 26.4 Å². The number of sulfonamides is 1. The van der Waals surface area contributed by atoms with Crippen molar-refractivity contribution in [2.45, 2.75) is 25.3 Å². The first-order valence-electron chi connectivity index (χ1n) is 10.4. The van der Waals surface area contributed by atoms with Crippen molar-refractivity contribution in [2.24, 2.45) is 0 Å². The fourth-order valence-corrected chi connectivity index (χ4v) is 4.76. The van der Waals surface area contributed by atoms with Crippen LogP contribution in [0.15, 0.2) is 71.6 Å². The molecule has 4 rings (SSSR count). The van der Waals surface area contributed by atoms with Gasteiger partial charge in [-0.15, -0.1) is 0 Å². The number of aromatic nitrogens is 1. The van der Waals surface area contributed by atoms with E-state index in [4.69, 9.17) is 4.74 Å². The average molecular weight is 464 g/mol. The van der Waals surface area contributed by atoms with Crippen LogP contribution >= 0.6 is 0 Å². The highest BCUT2D eigenvalue weighted by Crippen LogP contribution is 2.26. The van der Waals surface area contributed by atoms with Gasteiger partial charge in [-0.25, -0.2) is 8.42 Å². The van der Waals surface area contributed by atoms with Gasteiger partial charge >= 0.3 is 0 Å². The summed E-state index contributed by atoms with van der Waals surface area (Å²) in [6.45, 7) is 4.41. The van der Waals surface area contributed by atoms with Crippen LogP contribution < -0.4 is 14.8 Å². The molecule has 0 aliphatic rings. The van der Waals surface area contributed by atoms with Gasteiger partial charge in [0.05, 0.1) is 17.7 Å². The number of ether oxygens (including phenoxy) is 1. The minimum absolute atomic E-state index is 0.0131. The molecular weight excluding hydrogens is 438 g/mol. The summed E-state index contributed by atoms with van der Waals surface area (Å²) in [5.74, 6) is 0.0474. The second-order valence-corrected chi connectivity index (χ2v) is 9.45. The summed E-state index contributed by atoms with van der Waals surface area (Å²) in [6.07, 6.45) is 0. The highest BCUT2D eigenvalue weighted by molar-refractivity contribution is 7.92. The molecule has 0 radical (unpaired) electrons. The zero-order valence-corrected chi connectivity index (χ0v) is 19.4. The Hall–Kier alpha value is -3.78. The first kappa shape index (κ1) is 22.4. The predicted octanol–water partition coefficient (Wildman–Crippen LogP) is 4.52. The minimum Gasteiger partial charge on any atom is -0.495 e. The van der Waals surface area contributed by atoms with Crippen molar-refractivity contribution in [3.8, 4) is 5.75 Å². The third kappa shape index (κ3) is 4.70. The monoisotopic (exact) mass is 463 g/mol. The van der Waals surface area contributed by atoms with Crippen molar-refractivity contribution >= 4 is 32.5 Å². The Labute approximate surface area is 192 Å². The van der Waals surface area contributed by atoms with Crippen LogP contribution in [-0.2, 0) is 16.6 Å². The second kappa shape index (κ2) is 8.99. The van der Waals surface area contributed by atoms with Gasteiger partial charge in [0.15, 0.2) is 0 Å². The molecule has 33 heavy (non-hydrogen) atoms. The number of aromatic amines is 1. The lowest BCUT2D eigenvalue weighted by Gasteiger charge is -2.12. The lowest BCUT2D eigenvalue weighted by molar-refractivity contribution is 0.0950. The SMILES string of the molecule is COc1ccccc1NS(=O)(=O)c1cccc(C(=O)NCc2ccc3[nH]c(C)c(C)c3c2)c1.